The van der Waals surface area contributed by atoms with Gasteiger partial charge in [-0.3, -0.25) is 4.18 Å². The van der Waals surface area contributed by atoms with E-state index in [9.17, 15) is 120 Å². The zero-order valence-corrected chi connectivity index (χ0v) is 62.2. The summed E-state index contributed by atoms with van der Waals surface area (Å²) in [5.41, 5.74) is 1.29. The fourth-order valence-corrected chi connectivity index (χ4v) is 13.4. The monoisotopic (exact) mass is 1480 g/mol. The van der Waals surface area contributed by atoms with E-state index < -0.39 is 194 Å². The van der Waals surface area contributed by atoms with E-state index in [1.165, 1.54) is 12.2 Å². The van der Waals surface area contributed by atoms with Gasteiger partial charge < -0.3 is 126 Å². The largest absolute Gasteiger partial charge is 1.00 e. The van der Waals surface area contributed by atoms with E-state index in [1.807, 2.05) is 69.4 Å². The van der Waals surface area contributed by atoms with Crippen LogP contribution in [-0.4, -0.2) is 292 Å². The summed E-state index contributed by atoms with van der Waals surface area (Å²) in [5, 5.41) is 228. The van der Waals surface area contributed by atoms with Crippen LogP contribution in [0.2, 0.25) is 0 Å². The first-order chi connectivity index (χ1) is 46.8. The quantitative estimate of drug-likeness (QED) is 0.00703. The molecule has 3 saturated heterocycles. The number of aliphatic hydroxyl groups is 21. The molecule has 0 aromatic heterocycles. The van der Waals surface area contributed by atoms with Crippen LogP contribution in [0.1, 0.15) is 157 Å². The maximum absolute atomic E-state index is 11.2. The van der Waals surface area contributed by atoms with Crippen molar-refractivity contribution in [2.75, 3.05) is 6.61 Å². The summed E-state index contributed by atoms with van der Waals surface area (Å²) >= 11 is 0. The molecule has 3 fully saturated rings. The molecular formula is C71H121NaO28S. The molecule has 0 aromatic carbocycles. The first-order valence-corrected chi connectivity index (χ1v) is 36.3. The molecule has 3 aliphatic rings. The summed E-state index contributed by atoms with van der Waals surface area (Å²) in [6.07, 6.45) is -16.8. The van der Waals surface area contributed by atoms with E-state index in [0.717, 1.165) is 18.4 Å². The standard InChI is InChI=1S/C71H122O28S.Na/c1-8-9-10-11-12-13-14-15-16-17-18-19-20-51(78)65(88)70-68(91)57(84)37-61(99-70)69(92)63(86)43(6)22-24-50(77)58-36-56(83)67(90)71(98-58)66(89)53(80)29-39(2)21-23-45(72)33-54(81)62(85)44(7)31-47(74)27-41(4)25-40(3)26-46(73)28-42(5)30-52(79)59-35-55(82)64(87)60(97-59)34-48(75)32-49(76)38-96-100(93,94)95;/h8,11-16,19-20,25,29,41-42,44-92H,1,6,9-10,17-18,21-24,26-28,30-38H2,2-5,7H3,(H,93,94,95);/q;+1/p-1/b12-11+,14-13+,16-15+,20-19+,39-29+,40-25+;. The zero-order chi connectivity index (χ0) is 75.3. The van der Waals surface area contributed by atoms with Crippen molar-refractivity contribution in [3.8, 4) is 0 Å². The molecule has 0 spiro atoms. The predicted molar refractivity (Wildman–Crippen MR) is 366 cm³/mol. The van der Waals surface area contributed by atoms with E-state index in [2.05, 4.69) is 17.3 Å². The summed E-state index contributed by atoms with van der Waals surface area (Å²) in [6, 6.07) is 0. The summed E-state index contributed by atoms with van der Waals surface area (Å²) < 4.78 is 53.5. The van der Waals surface area contributed by atoms with Crippen LogP contribution in [0, 0.1) is 17.8 Å². The third-order valence-corrected chi connectivity index (χ3v) is 19.2. The third kappa shape index (κ3) is 35.2. The number of hydrogen-bond acceptors (Lipinski definition) is 28. The fourth-order valence-electron chi connectivity index (χ4n) is 13.1. The summed E-state index contributed by atoms with van der Waals surface area (Å²) in [7, 11) is -5.07. The minimum atomic E-state index is -5.07. The number of allylic oxidation sites excluding steroid dienone is 10. The average molecular weight is 1480 g/mol. The molecule has 30 heteroatoms. The topological polar surface area (TPSA) is 519 Å². The second-order valence-corrected chi connectivity index (χ2v) is 29.3. The van der Waals surface area contributed by atoms with E-state index in [4.69, 9.17) is 14.2 Å². The molecule has 101 heavy (non-hydrogen) atoms. The number of aliphatic hydroxyl groups excluding tert-OH is 21. The van der Waals surface area contributed by atoms with Crippen molar-refractivity contribution < 1.29 is 168 Å². The second kappa shape index (κ2) is 48.3. The van der Waals surface area contributed by atoms with Crippen LogP contribution in [0.25, 0.3) is 0 Å². The van der Waals surface area contributed by atoms with Crippen LogP contribution < -0.4 is 29.6 Å². The molecule has 30 atom stereocenters. The van der Waals surface area contributed by atoms with Crippen LogP contribution in [-0.2, 0) is 28.8 Å². The SMILES string of the molecule is C=CCC/C=C/C=C/C=C/CC/C=C/C(O)C(O)C1OC(C(O)C(O)C(=C)CCC(O)C2CC(O)C(O)C(C(O)C(O)/C=C(\C)CCC(O)CC(O)C(O)C(C)CC(O)CC(C)/C=C(\C)CC(O)CC(C)CC(O)C3CC(O)C(O)C(CC(O)CC(O)COS(=O)(=O)[O-])O3)O2)CC(O)C1O.[Na+]. The molecular weight excluding hydrogens is 1360 g/mol. The van der Waals surface area contributed by atoms with Crippen LogP contribution >= 0.6 is 0 Å². The molecule has 28 nitrogen and oxygen atoms in total. The molecule has 0 bridgehead atoms. The minimum Gasteiger partial charge on any atom is -0.726 e. The Labute approximate surface area is 617 Å². The van der Waals surface area contributed by atoms with Gasteiger partial charge in [-0.1, -0.05) is 105 Å². The van der Waals surface area contributed by atoms with Gasteiger partial charge >= 0.3 is 29.6 Å². The van der Waals surface area contributed by atoms with Crippen molar-refractivity contribution >= 4 is 10.4 Å². The van der Waals surface area contributed by atoms with E-state index in [1.54, 1.807) is 19.9 Å². The minimum absolute atomic E-state index is 0. The van der Waals surface area contributed by atoms with E-state index >= 15 is 0 Å². The van der Waals surface area contributed by atoms with Gasteiger partial charge in [0.1, 0.15) is 67.1 Å². The Balaban J connectivity index is 0.0000347. The van der Waals surface area contributed by atoms with Crippen molar-refractivity contribution in [2.45, 2.75) is 321 Å². The molecule has 0 aliphatic carbocycles. The Morgan fingerprint density at radius 2 is 1.10 bits per heavy atom. The third-order valence-electron chi connectivity index (χ3n) is 18.8. The summed E-state index contributed by atoms with van der Waals surface area (Å²) in [4.78, 5) is 0. The van der Waals surface area contributed by atoms with Gasteiger partial charge in [-0.05, 0) is 121 Å². The van der Waals surface area contributed by atoms with E-state index in [-0.39, 0.29) is 137 Å². The zero-order valence-electron chi connectivity index (χ0n) is 59.4. The van der Waals surface area contributed by atoms with E-state index in [0.29, 0.717) is 18.4 Å². The first-order valence-electron chi connectivity index (χ1n) is 35.0. The molecule has 3 rings (SSSR count). The number of rotatable bonds is 47. The molecule has 21 N–H and O–H groups in total. The molecule has 0 aromatic rings. The number of ether oxygens (including phenoxy) is 3. The van der Waals surface area contributed by atoms with Crippen molar-refractivity contribution in [1.82, 2.24) is 0 Å². The molecule has 3 heterocycles. The maximum Gasteiger partial charge on any atom is 1.00 e. The van der Waals surface area contributed by atoms with Crippen molar-refractivity contribution in [3.63, 3.8) is 0 Å². The Hall–Kier alpha value is -2.17. The Kier molecular flexibility index (Phi) is 45.4. The Morgan fingerprint density at radius 3 is 1.69 bits per heavy atom. The summed E-state index contributed by atoms with van der Waals surface area (Å²) in [5.74, 6) is -1.03. The number of unbranched alkanes of at least 4 members (excludes halogenated alkanes) is 2. The van der Waals surface area contributed by atoms with Crippen molar-refractivity contribution in [2.24, 2.45) is 17.8 Å². The smallest absolute Gasteiger partial charge is 0.726 e. The Bertz CT molecular complexity index is 2630. The molecule has 580 valence electrons. The molecule has 3 aliphatic heterocycles. The van der Waals surface area contributed by atoms with Gasteiger partial charge in [0.25, 0.3) is 0 Å². The Morgan fingerprint density at radius 1 is 0.554 bits per heavy atom. The first kappa shape index (κ1) is 94.9. The van der Waals surface area contributed by atoms with Gasteiger partial charge in [0.05, 0.1) is 104 Å². The van der Waals surface area contributed by atoms with Crippen LogP contribution in [0.4, 0.5) is 0 Å². The molecule has 0 radical (unpaired) electrons. The van der Waals surface area contributed by atoms with Crippen molar-refractivity contribution in [3.05, 3.63) is 96.7 Å². The van der Waals surface area contributed by atoms with Gasteiger partial charge in [-0.2, -0.15) is 0 Å². The fraction of sp³-hybridized carbons (Fsp3) is 0.775. The number of hydrogen-bond donors (Lipinski definition) is 21. The average Bonchev–Trinajstić information content (AvgIpc) is 0.815. The second-order valence-electron chi connectivity index (χ2n) is 28.2. The molecule has 0 amide bonds. The van der Waals surface area contributed by atoms with Crippen molar-refractivity contribution in [1.29, 1.82) is 0 Å². The van der Waals surface area contributed by atoms with Crippen LogP contribution in [0.5, 0.6) is 0 Å². The normalized spacial score (nSPS) is 29.9. The van der Waals surface area contributed by atoms with Gasteiger partial charge in [-0.15, -0.1) is 6.58 Å². The van der Waals surface area contributed by atoms with Gasteiger partial charge in [-0.25, -0.2) is 8.42 Å². The van der Waals surface area contributed by atoms with Gasteiger partial charge in [0, 0.05) is 38.5 Å². The van der Waals surface area contributed by atoms with Crippen LogP contribution in [0.3, 0.4) is 0 Å². The predicted octanol–water partition coefficient (Wildman–Crippen LogP) is -3.47. The van der Waals surface area contributed by atoms with Gasteiger partial charge in [0.2, 0.25) is 10.4 Å². The molecule has 0 saturated carbocycles. The van der Waals surface area contributed by atoms with Crippen LogP contribution in [0.15, 0.2) is 96.7 Å². The molecule has 30 unspecified atom stereocenters. The summed E-state index contributed by atoms with van der Waals surface area (Å²) in [6.45, 7) is 15.4. The maximum atomic E-state index is 11.2. The van der Waals surface area contributed by atoms with Gasteiger partial charge in [0.15, 0.2) is 0 Å².